The van der Waals surface area contributed by atoms with Crippen LogP contribution in [0.2, 0.25) is 0 Å². The second kappa shape index (κ2) is 9.29. The standard InChI is InChI=1S/C27H23N3O6S/c1-5-29-19-9-7-6-8-18(19)21(24(29)32)23-25(33)30-22(16-10-12-17(13-11-16)36-15(3)31)20(26(34)35-4)14(2)28-27(30)37-23/h6-13,22H,5H2,1-4H3/b23-21-. The molecule has 2 aliphatic heterocycles. The van der Waals surface area contributed by atoms with Gasteiger partial charge >= 0.3 is 11.9 Å². The van der Waals surface area contributed by atoms with Gasteiger partial charge in [-0.2, -0.15) is 0 Å². The van der Waals surface area contributed by atoms with E-state index in [9.17, 15) is 19.2 Å². The minimum absolute atomic E-state index is 0.208. The minimum atomic E-state index is -0.849. The molecule has 0 saturated carbocycles. The van der Waals surface area contributed by atoms with Crippen molar-refractivity contribution >= 4 is 40.4 Å². The molecule has 3 heterocycles. The van der Waals surface area contributed by atoms with Crippen LogP contribution in [0.15, 0.2) is 69.6 Å². The molecule has 5 rings (SSSR count). The number of ether oxygens (including phenoxy) is 2. The van der Waals surface area contributed by atoms with E-state index in [-0.39, 0.29) is 16.0 Å². The SMILES string of the molecule is CCN1C(=O)/C(=c2\sc3n(c2=O)C(c2ccc(OC(C)=O)cc2)C(C(=O)OC)=C(C)N=3)c2ccccc21. The fraction of sp³-hybridized carbons (Fsp3) is 0.222. The summed E-state index contributed by atoms with van der Waals surface area (Å²) >= 11 is 1.12. The molecule has 37 heavy (non-hydrogen) atoms. The Morgan fingerprint density at radius 1 is 1.08 bits per heavy atom. The van der Waals surface area contributed by atoms with Crippen molar-refractivity contribution in [3.05, 3.63) is 90.6 Å². The first-order valence-corrected chi connectivity index (χ1v) is 12.4. The molecule has 1 aromatic heterocycles. The Bertz CT molecular complexity index is 1680. The van der Waals surface area contributed by atoms with E-state index in [0.717, 1.165) is 17.0 Å². The smallest absolute Gasteiger partial charge is 0.338 e. The number of hydrogen-bond donors (Lipinski definition) is 0. The van der Waals surface area contributed by atoms with Gasteiger partial charge in [-0.05, 0) is 37.6 Å². The molecule has 188 valence electrons. The third kappa shape index (κ3) is 3.89. The Balaban J connectivity index is 1.78. The van der Waals surface area contributed by atoms with Crippen molar-refractivity contribution in [2.24, 2.45) is 4.99 Å². The molecule has 10 heteroatoms. The number of likely N-dealkylation sites (N-methyl/N-ethyl adjacent to an activating group) is 1. The molecule has 0 bridgehead atoms. The number of carbonyl (C=O) groups is 3. The van der Waals surface area contributed by atoms with E-state index in [1.54, 1.807) is 36.1 Å². The van der Waals surface area contributed by atoms with Crippen LogP contribution in [0.3, 0.4) is 0 Å². The van der Waals surface area contributed by atoms with Gasteiger partial charge in [0.1, 0.15) is 10.3 Å². The summed E-state index contributed by atoms with van der Waals surface area (Å²) in [6, 6.07) is 13.1. The van der Waals surface area contributed by atoms with Gasteiger partial charge in [0, 0.05) is 19.0 Å². The highest BCUT2D eigenvalue weighted by molar-refractivity contribution is 7.07. The monoisotopic (exact) mass is 517 g/mol. The van der Waals surface area contributed by atoms with Gasteiger partial charge in [0.2, 0.25) is 0 Å². The van der Waals surface area contributed by atoms with E-state index >= 15 is 0 Å². The largest absolute Gasteiger partial charge is 0.466 e. The topological polar surface area (TPSA) is 107 Å². The lowest BCUT2D eigenvalue weighted by molar-refractivity contribution is -0.136. The number of fused-ring (bicyclic) bond motifs is 2. The Labute approximate surface area is 215 Å². The first-order valence-electron chi connectivity index (χ1n) is 11.6. The molecule has 0 radical (unpaired) electrons. The summed E-state index contributed by atoms with van der Waals surface area (Å²) in [6.07, 6.45) is 0. The number of allylic oxidation sites excluding steroid dienone is 1. The maximum atomic E-state index is 14.0. The number of hydrogen-bond acceptors (Lipinski definition) is 8. The predicted molar refractivity (Wildman–Crippen MR) is 137 cm³/mol. The average molecular weight is 518 g/mol. The number of aromatic nitrogens is 1. The van der Waals surface area contributed by atoms with Crippen molar-refractivity contribution in [2.75, 3.05) is 18.6 Å². The molecule has 1 atom stereocenters. The molecule has 1 amide bonds. The number of rotatable bonds is 4. The molecule has 2 aliphatic rings. The number of carbonyl (C=O) groups excluding carboxylic acids is 3. The lowest BCUT2D eigenvalue weighted by Gasteiger charge is -2.24. The maximum absolute atomic E-state index is 14.0. The van der Waals surface area contributed by atoms with Gasteiger partial charge < -0.3 is 14.4 Å². The van der Waals surface area contributed by atoms with Crippen molar-refractivity contribution in [3.63, 3.8) is 0 Å². The molecule has 0 spiro atoms. The summed E-state index contributed by atoms with van der Waals surface area (Å²) in [4.78, 5) is 58.2. The highest BCUT2D eigenvalue weighted by atomic mass is 32.1. The first kappa shape index (κ1) is 24.4. The van der Waals surface area contributed by atoms with Crippen molar-refractivity contribution in [3.8, 4) is 5.75 Å². The van der Waals surface area contributed by atoms with Crippen LogP contribution in [0.1, 0.15) is 37.9 Å². The van der Waals surface area contributed by atoms with Gasteiger partial charge in [0.05, 0.1) is 35.7 Å². The molecular formula is C27H23N3O6S. The van der Waals surface area contributed by atoms with Gasteiger partial charge in [0.15, 0.2) is 4.80 Å². The van der Waals surface area contributed by atoms with Crippen LogP contribution in [-0.2, 0) is 19.1 Å². The van der Waals surface area contributed by atoms with Gasteiger partial charge in [-0.25, -0.2) is 9.79 Å². The summed E-state index contributed by atoms with van der Waals surface area (Å²) in [5.41, 5.74) is 2.54. The second-order valence-corrected chi connectivity index (χ2v) is 9.48. The zero-order valence-corrected chi connectivity index (χ0v) is 21.4. The summed E-state index contributed by atoms with van der Waals surface area (Å²) in [7, 11) is 1.27. The van der Waals surface area contributed by atoms with Crippen molar-refractivity contribution < 1.29 is 23.9 Å². The van der Waals surface area contributed by atoms with Crippen LogP contribution < -0.4 is 24.5 Å². The quantitative estimate of drug-likeness (QED) is 0.387. The van der Waals surface area contributed by atoms with Crippen LogP contribution in [0, 0.1) is 0 Å². The minimum Gasteiger partial charge on any atom is -0.466 e. The van der Waals surface area contributed by atoms with Crippen LogP contribution >= 0.6 is 11.3 Å². The Kier molecular flexibility index (Phi) is 6.12. The number of methoxy groups -OCH3 is 1. The number of benzene rings is 2. The molecule has 0 saturated heterocycles. The van der Waals surface area contributed by atoms with Gasteiger partial charge in [-0.15, -0.1) is 0 Å². The lowest BCUT2D eigenvalue weighted by atomic mass is 9.96. The van der Waals surface area contributed by atoms with Crippen LogP contribution in [0.4, 0.5) is 5.69 Å². The molecule has 0 N–H and O–H groups in total. The third-order valence-corrected chi connectivity index (χ3v) is 7.38. The van der Waals surface area contributed by atoms with E-state index in [0.29, 0.717) is 39.5 Å². The highest BCUT2D eigenvalue weighted by Crippen LogP contribution is 2.35. The number of para-hydroxylation sites is 1. The molecule has 9 nitrogen and oxygen atoms in total. The Hall–Kier alpha value is -4.31. The Morgan fingerprint density at radius 3 is 2.43 bits per heavy atom. The molecule has 2 aromatic carbocycles. The highest BCUT2D eigenvalue weighted by Gasteiger charge is 2.36. The lowest BCUT2D eigenvalue weighted by Crippen LogP contribution is -2.40. The summed E-state index contributed by atoms with van der Waals surface area (Å²) in [5, 5.41) is 0. The zero-order chi connectivity index (χ0) is 26.4. The average Bonchev–Trinajstić information content (AvgIpc) is 3.34. The number of amides is 1. The normalized spacial score (nSPS) is 17.8. The van der Waals surface area contributed by atoms with E-state index in [1.165, 1.54) is 18.6 Å². The number of esters is 2. The Morgan fingerprint density at radius 2 is 1.78 bits per heavy atom. The van der Waals surface area contributed by atoms with Crippen LogP contribution in [0.25, 0.3) is 5.57 Å². The predicted octanol–water partition coefficient (Wildman–Crippen LogP) is 2.07. The maximum Gasteiger partial charge on any atom is 0.338 e. The molecule has 0 aliphatic carbocycles. The number of nitrogens with zero attached hydrogens (tertiary/aromatic N) is 3. The van der Waals surface area contributed by atoms with E-state index < -0.39 is 23.5 Å². The molecule has 1 unspecified atom stereocenters. The molecule has 0 fully saturated rings. The van der Waals surface area contributed by atoms with Crippen molar-refractivity contribution in [1.29, 1.82) is 0 Å². The van der Waals surface area contributed by atoms with Crippen molar-refractivity contribution in [2.45, 2.75) is 26.8 Å². The summed E-state index contributed by atoms with van der Waals surface area (Å²) < 4.78 is 11.9. The fourth-order valence-corrected chi connectivity index (χ4v) is 5.89. The van der Waals surface area contributed by atoms with Gasteiger partial charge in [-0.3, -0.25) is 19.0 Å². The number of anilines is 1. The first-order chi connectivity index (χ1) is 17.8. The second-order valence-electron chi connectivity index (χ2n) is 8.50. The van der Waals surface area contributed by atoms with E-state index in [4.69, 9.17) is 9.47 Å². The van der Waals surface area contributed by atoms with Gasteiger partial charge in [0.25, 0.3) is 11.5 Å². The molecular weight excluding hydrogens is 494 g/mol. The van der Waals surface area contributed by atoms with Crippen LogP contribution in [0.5, 0.6) is 5.75 Å². The van der Waals surface area contributed by atoms with Crippen molar-refractivity contribution in [1.82, 2.24) is 4.57 Å². The fourth-order valence-electron chi connectivity index (χ4n) is 4.76. The zero-order valence-electron chi connectivity index (χ0n) is 20.6. The number of thiazole rings is 1. The van der Waals surface area contributed by atoms with Crippen LogP contribution in [-0.4, -0.2) is 36.1 Å². The van der Waals surface area contributed by atoms with Gasteiger partial charge in [-0.1, -0.05) is 41.7 Å². The van der Waals surface area contributed by atoms with E-state index in [1.807, 2.05) is 31.2 Å². The summed E-state index contributed by atoms with van der Waals surface area (Å²) in [6.45, 7) is 5.32. The summed E-state index contributed by atoms with van der Waals surface area (Å²) in [5.74, 6) is -0.997. The van der Waals surface area contributed by atoms with E-state index in [2.05, 4.69) is 4.99 Å². The third-order valence-electron chi connectivity index (χ3n) is 6.33. The molecule has 3 aromatic rings.